The van der Waals surface area contributed by atoms with E-state index in [0.29, 0.717) is 32.7 Å². The Morgan fingerprint density at radius 3 is 2.10 bits per heavy atom. The van der Waals surface area contributed by atoms with Crippen LogP contribution < -0.4 is 15.0 Å². The van der Waals surface area contributed by atoms with Gasteiger partial charge in [0.25, 0.3) is 11.8 Å². The Morgan fingerprint density at radius 2 is 1.47 bits per heavy atom. The van der Waals surface area contributed by atoms with E-state index in [1.54, 1.807) is 79.9 Å². The molecule has 7 heteroatoms. The van der Waals surface area contributed by atoms with E-state index in [-0.39, 0.29) is 11.3 Å². The van der Waals surface area contributed by atoms with Gasteiger partial charge in [0.15, 0.2) is 0 Å². The van der Waals surface area contributed by atoms with Crippen molar-refractivity contribution in [1.82, 2.24) is 0 Å². The number of benzene rings is 3. The highest BCUT2D eigenvalue weighted by atomic mass is 35.5. The van der Waals surface area contributed by atoms with Crippen LogP contribution in [0, 0.1) is 0 Å². The lowest BCUT2D eigenvalue weighted by atomic mass is 10.0. The van der Waals surface area contributed by atoms with E-state index in [0.717, 1.165) is 4.90 Å². The van der Waals surface area contributed by atoms with Crippen LogP contribution in [0.2, 0.25) is 10.0 Å². The quantitative estimate of drug-likeness (QED) is 0.541. The SMILES string of the molecule is COc1cccc(NC2=C(c3ccc(Cl)cc3)C(=O)N(c3ccc(Cl)cc3)C2=O)c1. The number of methoxy groups -OCH3 is 1. The Hall–Kier alpha value is -3.28. The number of amides is 2. The molecule has 0 atom stereocenters. The molecule has 0 saturated heterocycles. The maximum Gasteiger partial charge on any atom is 0.282 e. The summed E-state index contributed by atoms with van der Waals surface area (Å²) in [4.78, 5) is 27.8. The predicted octanol–water partition coefficient (Wildman–Crippen LogP) is 5.40. The minimum absolute atomic E-state index is 0.172. The van der Waals surface area contributed by atoms with Gasteiger partial charge in [-0.25, -0.2) is 4.90 Å². The number of carbonyl (C=O) groups is 2. The van der Waals surface area contributed by atoms with E-state index >= 15 is 0 Å². The monoisotopic (exact) mass is 438 g/mol. The number of rotatable bonds is 5. The first-order valence-corrected chi connectivity index (χ1v) is 9.79. The van der Waals surface area contributed by atoms with Crippen LogP contribution in [-0.2, 0) is 9.59 Å². The second-order valence-corrected chi connectivity index (χ2v) is 7.41. The highest BCUT2D eigenvalue weighted by molar-refractivity contribution is 6.46. The Bertz CT molecular complexity index is 1160. The first kappa shape index (κ1) is 20.0. The topological polar surface area (TPSA) is 58.6 Å². The lowest BCUT2D eigenvalue weighted by molar-refractivity contribution is -0.120. The van der Waals surface area contributed by atoms with Crippen molar-refractivity contribution in [2.24, 2.45) is 0 Å². The molecule has 0 saturated carbocycles. The molecule has 4 rings (SSSR count). The van der Waals surface area contributed by atoms with Crippen LogP contribution in [0.4, 0.5) is 11.4 Å². The van der Waals surface area contributed by atoms with Crippen molar-refractivity contribution >= 4 is 52.0 Å². The molecule has 1 aliphatic heterocycles. The van der Waals surface area contributed by atoms with Gasteiger partial charge >= 0.3 is 0 Å². The fraction of sp³-hybridized carbons (Fsp3) is 0.0435. The predicted molar refractivity (Wildman–Crippen MR) is 119 cm³/mol. The summed E-state index contributed by atoms with van der Waals surface area (Å²) in [5.41, 5.74) is 2.07. The van der Waals surface area contributed by atoms with E-state index in [2.05, 4.69) is 5.32 Å². The molecule has 5 nitrogen and oxygen atoms in total. The van der Waals surface area contributed by atoms with Crippen molar-refractivity contribution in [2.75, 3.05) is 17.3 Å². The van der Waals surface area contributed by atoms with Gasteiger partial charge in [0.2, 0.25) is 0 Å². The number of anilines is 2. The van der Waals surface area contributed by atoms with Crippen LogP contribution in [0.25, 0.3) is 5.57 Å². The first-order chi connectivity index (χ1) is 14.5. The number of hydrogen-bond acceptors (Lipinski definition) is 4. The minimum atomic E-state index is -0.463. The average molecular weight is 439 g/mol. The maximum absolute atomic E-state index is 13.3. The van der Waals surface area contributed by atoms with Gasteiger partial charge in [-0.1, -0.05) is 41.4 Å². The lowest BCUT2D eigenvalue weighted by Crippen LogP contribution is -2.32. The van der Waals surface area contributed by atoms with Crippen LogP contribution in [0.3, 0.4) is 0 Å². The zero-order valence-corrected chi connectivity index (χ0v) is 17.4. The van der Waals surface area contributed by atoms with E-state index in [4.69, 9.17) is 27.9 Å². The summed E-state index contributed by atoms with van der Waals surface area (Å²) in [6, 6.07) is 20.4. The van der Waals surface area contributed by atoms with Gasteiger partial charge in [-0.05, 0) is 54.1 Å². The number of nitrogens with one attached hydrogen (secondary N) is 1. The second-order valence-electron chi connectivity index (χ2n) is 6.54. The molecule has 0 spiro atoms. The van der Waals surface area contributed by atoms with Crippen LogP contribution in [0.1, 0.15) is 5.56 Å². The molecular weight excluding hydrogens is 423 g/mol. The standard InChI is InChI=1S/C23H16Cl2N2O3/c1-30-19-4-2-3-17(13-19)26-21-20(14-5-7-15(24)8-6-14)22(28)27(23(21)29)18-11-9-16(25)10-12-18/h2-13,26H,1H3. The summed E-state index contributed by atoms with van der Waals surface area (Å²) < 4.78 is 5.25. The van der Waals surface area contributed by atoms with Crippen LogP contribution in [-0.4, -0.2) is 18.9 Å². The van der Waals surface area contributed by atoms with Gasteiger partial charge < -0.3 is 10.1 Å². The molecule has 2 amide bonds. The van der Waals surface area contributed by atoms with E-state index in [9.17, 15) is 9.59 Å². The largest absolute Gasteiger partial charge is 0.497 e. The smallest absolute Gasteiger partial charge is 0.282 e. The molecule has 0 aliphatic carbocycles. The lowest BCUT2D eigenvalue weighted by Gasteiger charge is -2.15. The Balaban J connectivity index is 1.81. The third-order valence-electron chi connectivity index (χ3n) is 4.64. The molecular formula is C23H16Cl2N2O3. The average Bonchev–Trinajstić information content (AvgIpc) is 2.99. The molecule has 0 fully saturated rings. The molecule has 3 aromatic rings. The summed E-state index contributed by atoms with van der Waals surface area (Å²) >= 11 is 12.0. The maximum atomic E-state index is 13.3. The fourth-order valence-electron chi connectivity index (χ4n) is 3.20. The van der Waals surface area contributed by atoms with E-state index in [1.807, 2.05) is 0 Å². The van der Waals surface area contributed by atoms with Gasteiger partial charge in [0.05, 0.1) is 18.4 Å². The summed E-state index contributed by atoms with van der Waals surface area (Å²) in [7, 11) is 1.56. The summed E-state index contributed by atoms with van der Waals surface area (Å²) in [6.45, 7) is 0. The molecule has 150 valence electrons. The van der Waals surface area contributed by atoms with Gasteiger partial charge in [-0.3, -0.25) is 9.59 Å². The highest BCUT2D eigenvalue weighted by Crippen LogP contribution is 2.35. The van der Waals surface area contributed by atoms with Crippen molar-refractivity contribution in [3.8, 4) is 5.75 Å². The third-order valence-corrected chi connectivity index (χ3v) is 5.14. The van der Waals surface area contributed by atoms with Gasteiger partial charge in [-0.2, -0.15) is 0 Å². The van der Waals surface area contributed by atoms with Crippen LogP contribution >= 0.6 is 23.2 Å². The van der Waals surface area contributed by atoms with Gasteiger partial charge in [0.1, 0.15) is 11.4 Å². The fourth-order valence-corrected chi connectivity index (χ4v) is 3.45. The molecule has 1 heterocycles. The Morgan fingerprint density at radius 1 is 0.833 bits per heavy atom. The van der Waals surface area contributed by atoms with Crippen LogP contribution in [0.5, 0.6) is 5.75 Å². The minimum Gasteiger partial charge on any atom is -0.497 e. The number of imide groups is 1. The van der Waals surface area contributed by atoms with Crippen molar-refractivity contribution in [2.45, 2.75) is 0 Å². The molecule has 0 aromatic heterocycles. The van der Waals surface area contributed by atoms with Crippen molar-refractivity contribution < 1.29 is 14.3 Å². The summed E-state index contributed by atoms with van der Waals surface area (Å²) in [5, 5.41) is 4.15. The molecule has 0 bridgehead atoms. The number of carbonyl (C=O) groups excluding carboxylic acids is 2. The third kappa shape index (κ3) is 3.77. The molecule has 0 unspecified atom stereocenters. The first-order valence-electron chi connectivity index (χ1n) is 9.03. The molecule has 1 N–H and O–H groups in total. The van der Waals surface area contributed by atoms with Crippen molar-refractivity contribution in [1.29, 1.82) is 0 Å². The highest BCUT2D eigenvalue weighted by Gasteiger charge is 2.40. The summed E-state index contributed by atoms with van der Waals surface area (Å²) in [5.74, 6) is -0.273. The normalized spacial score (nSPS) is 13.8. The molecule has 30 heavy (non-hydrogen) atoms. The van der Waals surface area contributed by atoms with E-state index < -0.39 is 11.8 Å². The van der Waals surface area contributed by atoms with E-state index in [1.165, 1.54) is 0 Å². The van der Waals surface area contributed by atoms with Crippen molar-refractivity contribution in [3.63, 3.8) is 0 Å². The Kier molecular flexibility index (Phi) is 5.48. The number of nitrogens with zero attached hydrogens (tertiary/aromatic N) is 1. The van der Waals surface area contributed by atoms with Gasteiger partial charge in [0, 0.05) is 21.8 Å². The number of ether oxygens (including phenoxy) is 1. The zero-order chi connectivity index (χ0) is 21.3. The molecule has 1 aliphatic rings. The second kappa shape index (κ2) is 8.22. The van der Waals surface area contributed by atoms with Gasteiger partial charge in [-0.15, -0.1) is 0 Å². The molecule has 0 radical (unpaired) electrons. The number of halogens is 2. The van der Waals surface area contributed by atoms with Crippen LogP contribution in [0.15, 0.2) is 78.5 Å². The Labute approximate surface area is 183 Å². The molecule has 3 aromatic carbocycles. The van der Waals surface area contributed by atoms with Crippen molar-refractivity contribution in [3.05, 3.63) is 94.1 Å². The zero-order valence-electron chi connectivity index (χ0n) is 15.9. The number of hydrogen-bond donors (Lipinski definition) is 1. The summed E-state index contributed by atoms with van der Waals surface area (Å²) in [6.07, 6.45) is 0.